The van der Waals surface area contributed by atoms with Crippen molar-refractivity contribution in [2.45, 2.75) is 38.9 Å². The molecule has 0 atom stereocenters. The Morgan fingerprint density at radius 2 is 1.96 bits per heavy atom. The first-order chi connectivity index (χ1) is 13.2. The van der Waals surface area contributed by atoms with Crippen LogP contribution in [0.15, 0.2) is 30.5 Å². The maximum Gasteiger partial charge on any atom is 0.416 e. The number of hydrogen-bond acceptors (Lipinski definition) is 3. The standard InChI is InChI=1S/C20H25F3N4O/c1-4-26-10-8-16(9-11-26)25(3)19(28)18-13-24-27(14(18)2)17-7-5-6-15(12-17)20(21,22)23/h5-7,12-13,16H,4,8-11H2,1-3H3. The minimum absolute atomic E-state index is 0.148. The highest BCUT2D eigenvalue weighted by Crippen LogP contribution is 2.30. The van der Waals surface area contributed by atoms with Gasteiger partial charge < -0.3 is 9.80 Å². The van der Waals surface area contributed by atoms with Gasteiger partial charge in [0, 0.05) is 26.2 Å². The number of benzene rings is 1. The van der Waals surface area contributed by atoms with Gasteiger partial charge in [0.15, 0.2) is 0 Å². The van der Waals surface area contributed by atoms with Crippen molar-refractivity contribution in [1.82, 2.24) is 19.6 Å². The molecule has 5 nitrogen and oxygen atoms in total. The van der Waals surface area contributed by atoms with E-state index in [4.69, 9.17) is 0 Å². The SMILES string of the molecule is CCN1CCC(N(C)C(=O)c2cnn(-c3cccc(C(F)(F)F)c3)c2C)CC1. The minimum atomic E-state index is -4.43. The van der Waals surface area contributed by atoms with E-state index < -0.39 is 11.7 Å². The quantitative estimate of drug-likeness (QED) is 0.793. The molecular weight excluding hydrogens is 369 g/mol. The number of likely N-dealkylation sites (tertiary alicyclic amines) is 1. The average molecular weight is 394 g/mol. The Kier molecular flexibility index (Phi) is 5.79. The number of alkyl halides is 3. The van der Waals surface area contributed by atoms with E-state index in [0.29, 0.717) is 11.3 Å². The van der Waals surface area contributed by atoms with E-state index in [-0.39, 0.29) is 17.6 Å². The number of aromatic nitrogens is 2. The molecule has 0 unspecified atom stereocenters. The van der Waals surface area contributed by atoms with E-state index in [0.717, 1.165) is 44.6 Å². The van der Waals surface area contributed by atoms with Gasteiger partial charge in [0.1, 0.15) is 0 Å². The Labute approximate surface area is 162 Å². The third-order valence-electron chi connectivity index (χ3n) is 5.53. The predicted octanol–water partition coefficient (Wildman–Crippen LogP) is 3.76. The smallest absolute Gasteiger partial charge is 0.339 e. The molecule has 1 saturated heterocycles. The van der Waals surface area contributed by atoms with Gasteiger partial charge in [-0.05, 0) is 44.5 Å². The highest BCUT2D eigenvalue weighted by molar-refractivity contribution is 5.95. The predicted molar refractivity (Wildman–Crippen MR) is 101 cm³/mol. The largest absolute Gasteiger partial charge is 0.416 e. The summed E-state index contributed by atoms with van der Waals surface area (Å²) in [4.78, 5) is 17.1. The van der Waals surface area contributed by atoms with Gasteiger partial charge in [-0.2, -0.15) is 18.3 Å². The van der Waals surface area contributed by atoms with Crippen molar-refractivity contribution in [3.63, 3.8) is 0 Å². The number of hydrogen-bond donors (Lipinski definition) is 0. The van der Waals surface area contributed by atoms with Gasteiger partial charge >= 0.3 is 6.18 Å². The minimum Gasteiger partial charge on any atom is -0.339 e. The molecule has 152 valence electrons. The topological polar surface area (TPSA) is 41.4 Å². The Balaban J connectivity index is 1.80. The second kappa shape index (κ2) is 7.95. The third-order valence-corrected chi connectivity index (χ3v) is 5.53. The number of carbonyl (C=O) groups excluding carboxylic acids is 1. The number of nitrogens with zero attached hydrogens (tertiary/aromatic N) is 4. The fraction of sp³-hybridized carbons (Fsp3) is 0.500. The first-order valence-electron chi connectivity index (χ1n) is 9.44. The van der Waals surface area contributed by atoms with Gasteiger partial charge in [-0.3, -0.25) is 4.79 Å². The van der Waals surface area contributed by atoms with Crippen molar-refractivity contribution in [3.05, 3.63) is 47.3 Å². The van der Waals surface area contributed by atoms with Crippen LogP contribution in [-0.2, 0) is 6.18 Å². The van der Waals surface area contributed by atoms with Crippen LogP contribution < -0.4 is 0 Å². The van der Waals surface area contributed by atoms with E-state index in [1.165, 1.54) is 16.9 Å². The highest BCUT2D eigenvalue weighted by atomic mass is 19.4. The Bertz CT molecular complexity index is 838. The van der Waals surface area contributed by atoms with Crippen LogP contribution in [0.25, 0.3) is 5.69 Å². The van der Waals surface area contributed by atoms with E-state index in [1.807, 2.05) is 0 Å². The van der Waals surface area contributed by atoms with Crippen LogP contribution >= 0.6 is 0 Å². The molecule has 0 N–H and O–H groups in total. The Hall–Kier alpha value is -2.35. The third kappa shape index (κ3) is 4.06. The van der Waals surface area contributed by atoms with Crippen LogP contribution in [0.2, 0.25) is 0 Å². The molecule has 1 aromatic heterocycles. The summed E-state index contributed by atoms with van der Waals surface area (Å²) in [6.45, 7) is 6.75. The number of piperidine rings is 1. The monoisotopic (exact) mass is 394 g/mol. The molecule has 0 aliphatic carbocycles. The lowest BCUT2D eigenvalue weighted by Crippen LogP contribution is -2.45. The van der Waals surface area contributed by atoms with Crippen LogP contribution in [0, 0.1) is 6.92 Å². The molecule has 2 heterocycles. The fourth-order valence-electron chi connectivity index (χ4n) is 3.67. The van der Waals surface area contributed by atoms with Crippen LogP contribution in [0.3, 0.4) is 0 Å². The van der Waals surface area contributed by atoms with Crippen molar-refractivity contribution in [1.29, 1.82) is 0 Å². The Morgan fingerprint density at radius 3 is 2.57 bits per heavy atom. The molecular formula is C20H25F3N4O. The normalized spacial score (nSPS) is 16.4. The molecule has 0 saturated carbocycles. The lowest BCUT2D eigenvalue weighted by atomic mass is 10.0. The number of rotatable bonds is 4. The number of carbonyl (C=O) groups is 1. The number of halogens is 3. The lowest BCUT2D eigenvalue weighted by molar-refractivity contribution is -0.137. The molecule has 28 heavy (non-hydrogen) atoms. The second-order valence-electron chi connectivity index (χ2n) is 7.19. The molecule has 1 aromatic carbocycles. The van der Waals surface area contributed by atoms with Gasteiger partial charge in [0.2, 0.25) is 0 Å². The molecule has 0 bridgehead atoms. The molecule has 1 fully saturated rings. The van der Waals surface area contributed by atoms with Crippen molar-refractivity contribution in [2.75, 3.05) is 26.7 Å². The van der Waals surface area contributed by atoms with Gasteiger partial charge in [-0.15, -0.1) is 0 Å². The summed E-state index contributed by atoms with van der Waals surface area (Å²) in [7, 11) is 1.79. The maximum absolute atomic E-state index is 13.0. The Morgan fingerprint density at radius 1 is 1.29 bits per heavy atom. The molecule has 3 rings (SSSR count). The lowest BCUT2D eigenvalue weighted by Gasteiger charge is -2.36. The van der Waals surface area contributed by atoms with Crippen LogP contribution in [-0.4, -0.2) is 58.2 Å². The van der Waals surface area contributed by atoms with E-state index in [2.05, 4.69) is 16.9 Å². The highest BCUT2D eigenvalue weighted by Gasteiger charge is 2.31. The molecule has 2 aromatic rings. The summed E-state index contributed by atoms with van der Waals surface area (Å²) in [6.07, 6.45) is -1.16. The summed E-state index contributed by atoms with van der Waals surface area (Å²) in [5.74, 6) is -0.148. The van der Waals surface area contributed by atoms with Crippen LogP contribution in [0.1, 0.15) is 41.4 Å². The summed E-state index contributed by atoms with van der Waals surface area (Å²) >= 11 is 0. The van der Waals surface area contributed by atoms with E-state index in [9.17, 15) is 18.0 Å². The summed E-state index contributed by atoms with van der Waals surface area (Å²) in [5.41, 5.74) is 0.484. The molecule has 8 heteroatoms. The molecule has 0 spiro atoms. The first kappa shape index (κ1) is 20.4. The summed E-state index contributed by atoms with van der Waals surface area (Å²) in [5, 5.41) is 4.18. The van der Waals surface area contributed by atoms with Crippen LogP contribution in [0.4, 0.5) is 13.2 Å². The molecule has 0 radical (unpaired) electrons. The van der Waals surface area contributed by atoms with Crippen molar-refractivity contribution in [2.24, 2.45) is 0 Å². The zero-order valence-corrected chi connectivity index (χ0v) is 16.3. The van der Waals surface area contributed by atoms with E-state index >= 15 is 0 Å². The van der Waals surface area contributed by atoms with E-state index in [1.54, 1.807) is 24.9 Å². The zero-order chi connectivity index (χ0) is 20.5. The molecule has 1 amide bonds. The van der Waals surface area contributed by atoms with Crippen molar-refractivity contribution >= 4 is 5.91 Å². The average Bonchev–Trinajstić information content (AvgIpc) is 3.07. The van der Waals surface area contributed by atoms with Gasteiger partial charge in [-0.25, -0.2) is 4.68 Å². The van der Waals surface area contributed by atoms with Crippen LogP contribution in [0.5, 0.6) is 0 Å². The van der Waals surface area contributed by atoms with Gasteiger partial charge in [-0.1, -0.05) is 13.0 Å². The maximum atomic E-state index is 13.0. The van der Waals surface area contributed by atoms with Crippen molar-refractivity contribution < 1.29 is 18.0 Å². The zero-order valence-electron chi connectivity index (χ0n) is 16.3. The molecule has 1 aliphatic heterocycles. The number of amides is 1. The first-order valence-corrected chi connectivity index (χ1v) is 9.44. The van der Waals surface area contributed by atoms with Gasteiger partial charge in [0.05, 0.1) is 28.7 Å². The second-order valence-corrected chi connectivity index (χ2v) is 7.19. The summed E-state index contributed by atoms with van der Waals surface area (Å²) < 4.78 is 40.4. The summed E-state index contributed by atoms with van der Waals surface area (Å²) in [6, 6.07) is 5.11. The molecule has 1 aliphatic rings. The van der Waals surface area contributed by atoms with Gasteiger partial charge in [0.25, 0.3) is 5.91 Å². The van der Waals surface area contributed by atoms with Crippen molar-refractivity contribution in [3.8, 4) is 5.69 Å². The fourth-order valence-corrected chi connectivity index (χ4v) is 3.67.